The van der Waals surface area contributed by atoms with E-state index in [1.807, 2.05) is 0 Å². The molecule has 2 rings (SSSR count). The third kappa shape index (κ3) is 6.63. The predicted molar refractivity (Wildman–Crippen MR) is 111 cm³/mol. The van der Waals surface area contributed by atoms with Crippen LogP contribution in [0, 0.1) is 5.92 Å². The Kier molecular flexibility index (Phi) is 8.76. The van der Waals surface area contributed by atoms with Gasteiger partial charge >= 0.3 is 5.97 Å². The number of carbonyl (C=O) groups excluding carboxylic acids is 2. The Balaban J connectivity index is 2.44. The van der Waals surface area contributed by atoms with Gasteiger partial charge in [0.15, 0.2) is 5.78 Å². The molecule has 0 unspecified atom stereocenters. The number of aromatic hydroxyl groups is 1. The molecule has 31 heavy (non-hydrogen) atoms. The summed E-state index contributed by atoms with van der Waals surface area (Å²) in [6.07, 6.45) is 0.604. The Hall–Kier alpha value is -2.72. The summed E-state index contributed by atoms with van der Waals surface area (Å²) in [6.45, 7) is 2.58. The number of rotatable bonds is 4. The fraction of sp³-hybridized carbons (Fsp3) is 0.455. The number of carbonyl (C=O) groups is 2. The molecule has 0 spiro atoms. The van der Waals surface area contributed by atoms with Gasteiger partial charge in [-0.3, -0.25) is 4.79 Å². The molecule has 1 aromatic rings. The third-order valence-electron chi connectivity index (χ3n) is 4.91. The molecule has 9 nitrogen and oxygen atoms in total. The highest BCUT2D eigenvalue weighted by Gasteiger charge is 2.25. The molecule has 0 fully saturated rings. The van der Waals surface area contributed by atoms with Gasteiger partial charge in [-0.15, -0.1) is 0 Å². The van der Waals surface area contributed by atoms with E-state index in [2.05, 4.69) is 0 Å². The number of ether oxygens (including phenoxy) is 2. The molecule has 0 saturated heterocycles. The minimum atomic E-state index is -1.61. The quantitative estimate of drug-likeness (QED) is 0.426. The van der Waals surface area contributed by atoms with Crippen LogP contribution < -0.4 is 4.74 Å². The molecule has 0 saturated carbocycles. The number of esters is 1. The highest BCUT2D eigenvalue weighted by atomic mass is 16.5. The lowest BCUT2D eigenvalue weighted by Gasteiger charge is -2.20. The molecular weight excluding hydrogens is 408 g/mol. The average molecular weight is 436 g/mol. The van der Waals surface area contributed by atoms with E-state index in [4.69, 9.17) is 14.6 Å². The minimum absolute atomic E-state index is 0.101. The second-order valence-electron chi connectivity index (χ2n) is 7.44. The molecule has 9 heteroatoms. The molecule has 0 amide bonds. The SMILES string of the molecule is C[C@@H]1OC(=O)c2c(O)cc(OC[C@@H](O)CO)cc2/C=C/C[C@H](O)[C@H](O)C(=O)/C=C\[C@@H]1C. The van der Waals surface area contributed by atoms with E-state index in [-0.39, 0.29) is 35.8 Å². The monoisotopic (exact) mass is 436 g/mol. The van der Waals surface area contributed by atoms with Crippen molar-refractivity contribution in [2.45, 2.75) is 44.7 Å². The summed E-state index contributed by atoms with van der Waals surface area (Å²) < 4.78 is 10.8. The van der Waals surface area contributed by atoms with Crippen molar-refractivity contribution in [1.29, 1.82) is 0 Å². The van der Waals surface area contributed by atoms with E-state index in [1.54, 1.807) is 13.8 Å². The predicted octanol–water partition coefficient (Wildman–Crippen LogP) is 0.570. The van der Waals surface area contributed by atoms with Gasteiger partial charge in [-0.1, -0.05) is 25.2 Å². The molecule has 1 aliphatic heterocycles. The maximum Gasteiger partial charge on any atom is 0.342 e. The molecule has 5 atom stereocenters. The lowest BCUT2D eigenvalue weighted by atomic mass is 9.99. The van der Waals surface area contributed by atoms with E-state index in [9.17, 15) is 30.0 Å². The fourth-order valence-corrected chi connectivity index (χ4v) is 2.79. The summed E-state index contributed by atoms with van der Waals surface area (Å²) >= 11 is 0. The smallest absolute Gasteiger partial charge is 0.342 e. The normalized spacial score (nSPS) is 28.1. The molecular formula is C22H28O9. The van der Waals surface area contributed by atoms with Crippen molar-refractivity contribution in [3.05, 3.63) is 41.5 Å². The number of phenols is 1. The fourth-order valence-electron chi connectivity index (χ4n) is 2.79. The van der Waals surface area contributed by atoms with Crippen molar-refractivity contribution in [2.24, 2.45) is 5.92 Å². The maximum atomic E-state index is 12.7. The average Bonchev–Trinajstić information content (AvgIpc) is 2.73. The van der Waals surface area contributed by atoms with E-state index in [0.29, 0.717) is 0 Å². The summed E-state index contributed by atoms with van der Waals surface area (Å²) in [4.78, 5) is 24.8. The Morgan fingerprint density at radius 3 is 2.58 bits per heavy atom. The van der Waals surface area contributed by atoms with Gasteiger partial charge in [0.1, 0.15) is 42.0 Å². The molecule has 0 aliphatic carbocycles. The van der Waals surface area contributed by atoms with Crippen LogP contribution in [0.15, 0.2) is 30.4 Å². The molecule has 0 aromatic heterocycles. The van der Waals surface area contributed by atoms with Crippen molar-refractivity contribution in [3.63, 3.8) is 0 Å². The standard InChI is InChI=1S/C22H28O9/c1-12-6-7-18(26)21(28)17(25)5-3-4-14-8-16(30-11-15(24)10-23)9-19(27)20(14)22(29)31-13(12)2/h3-4,6-9,12-13,15,17,21,23-25,27-28H,5,10-11H2,1-2H3/b4-3+,7-6-/t12-,13-,15-,17-,21-/m0/s1. The number of fused-ring (bicyclic) bond motifs is 1. The van der Waals surface area contributed by atoms with Crippen LogP contribution in [-0.4, -0.2) is 74.9 Å². The van der Waals surface area contributed by atoms with Crippen molar-refractivity contribution in [2.75, 3.05) is 13.2 Å². The highest BCUT2D eigenvalue weighted by Crippen LogP contribution is 2.31. The van der Waals surface area contributed by atoms with Gasteiger partial charge in [-0.05, 0) is 31.1 Å². The van der Waals surface area contributed by atoms with E-state index >= 15 is 0 Å². The Morgan fingerprint density at radius 1 is 1.19 bits per heavy atom. The van der Waals surface area contributed by atoms with Crippen LogP contribution in [0.4, 0.5) is 0 Å². The van der Waals surface area contributed by atoms with Gasteiger partial charge in [0.25, 0.3) is 0 Å². The number of hydrogen-bond acceptors (Lipinski definition) is 9. The van der Waals surface area contributed by atoms with Crippen molar-refractivity contribution in [3.8, 4) is 11.5 Å². The van der Waals surface area contributed by atoms with Gasteiger partial charge in [0.05, 0.1) is 12.7 Å². The second kappa shape index (κ2) is 11.1. The number of hydrogen-bond donors (Lipinski definition) is 5. The van der Waals surface area contributed by atoms with Crippen molar-refractivity contribution < 1.29 is 44.6 Å². The van der Waals surface area contributed by atoms with E-state index < -0.39 is 48.5 Å². The number of aliphatic hydroxyl groups excluding tert-OH is 4. The van der Waals surface area contributed by atoms with E-state index in [1.165, 1.54) is 30.4 Å². The van der Waals surface area contributed by atoms with Crippen LogP contribution in [0.2, 0.25) is 0 Å². The molecule has 5 N–H and O–H groups in total. The number of aliphatic hydroxyl groups is 4. The van der Waals surface area contributed by atoms with Gasteiger partial charge < -0.3 is 35.0 Å². The Bertz CT molecular complexity index is 846. The lowest BCUT2D eigenvalue weighted by molar-refractivity contribution is -0.127. The molecule has 1 aliphatic rings. The zero-order chi connectivity index (χ0) is 23.1. The van der Waals surface area contributed by atoms with Crippen LogP contribution >= 0.6 is 0 Å². The first-order valence-corrected chi connectivity index (χ1v) is 9.88. The molecule has 0 bridgehead atoms. The summed E-state index contributed by atoms with van der Waals surface area (Å²) in [5, 5.41) is 48.9. The summed E-state index contributed by atoms with van der Waals surface area (Å²) in [6, 6.07) is 2.61. The van der Waals surface area contributed by atoms with E-state index in [0.717, 1.165) is 6.08 Å². The Morgan fingerprint density at radius 2 is 1.90 bits per heavy atom. The zero-order valence-electron chi connectivity index (χ0n) is 17.3. The third-order valence-corrected chi connectivity index (χ3v) is 4.91. The first kappa shape index (κ1) is 24.5. The highest BCUT2D eigenvalue weighted by molar-refractivity contribution is 5.97. The number of ketones is 1. The number of benzene rings is 1. The topological polar surface area (TPSA) is 154 Å². The van der Waals surface area contributed by atoms with Gasteiger partial charge in [-0.25, -0.2) is 4.79 Å². The van der Waals surface area contributed by atoms with Gasteiger partial charge in [0, 0.05) is 12.0 Å². The van der Waals surface area contributed by atoms with Crippen molar-refractivity contribution >= 4 is 17.8 Å². The van der Waals surface area contributed by atoms with Crippen LogP contribution in [0.25, 0.3) is 6.08 Å². The van der Waals surface area contributed by atoms with Crippen LogP contribution in [0.5, 0.6) is 11.5 Å². The number of cyclic esters (lactones) is 1. The van der Waals surface area contributed by atoms with Crippen molar-refractivity contribution in [1.82, 2.24) is 0 Å². The van der Waals surface area contributed by atoms with Gasteiger partial charge in [0.2, 0.25) is 0 Å². The van der Waals surface area contributed by atoms with Crippen LogP contribution in [0.1, 0.15) is 36.2 Å². The summed E-state index contributed by atoms with van der Waals surface area (Å²) in [5.74, 6) is -2.14. The molecule has 0 radical (unpaired) electrons. The maximum absolute atomic E-state index is 12.7. The summed E-state index contributed by atoms with van der Waals surface area (Å²) in [5.41, 5.74) is 0.0801. The Labute approximate surface area is 179 Å². The molecule has 170 valence electrons. The number of phenolic OH excluding ortho intramolecular Hbond substituents is 1. The first-order valence-electron chi connectivity index (χ1n) is 9.88. The first-order chi connectivity index (χ1) is 14.6. The van der Waals surface area contributed by atoms with Crippen LogP contribution in [0.3, 0.4) is 0 Å². The van der Waals surface area contributed by atoms with Crippen LogP contribution in [-0.2, 0) is 9.53 Å². The second-order valence-corrected chi connectivity index (χ2v) is 7.44. The molecule has 1 heterocycles. The minimum Gasteiger partial charge on any atom is -0.507 e. The zero-order valence-corrected chi connectivity index (χ0v) is 17.3. The van der Waals surface area contributed by atoms with Gasteiger partial charge in [-0.2, -0.15) is 0 Å². The lowest BCUT2D eigenvalue weighted by Crippen LogP contribution is -2.32. The largest absolute Gasteiger partial charge is 0.507 e. The molecule has 1 aromatic carbocycles. The summed E-state index contributed by atoms with van der Waals surface area (Å²) in [7, 11) is 0.